The summed E-state index contributed by atoms with van der Waals surface area (Å²) in [6.07, 6.45) is 1.64. The number of anilines is 1. The molecule has 0 amide bonds. The van der Waals surface area contributed by atoms with Crippen molar-refractivity contribution in [1.82, 2.24) is 10.3 Å². The Hall–Kier alpha value is -1.63. The van der Waals surface area contributed by atoms with E-state index >= 15 is 0 Å². The van der Waals surface area contributed by atoms with E-state index in [4.69, 9.17) is 10.2 Å². The van der Waals surface area contributed by atoms with Crippen LogP contribution in [0.25, 0.3) is 0 Å². The van der Waals surface area contributed by atoms with E-state index in [1.807, 2.05) is 4.90 Å². The minimum absolute atomic E-state index is 0.151. The fourth-order valence-electron chi connectivity index (χ4n) is 1.85. The van der Waals surface area contributed by atoms with Gasteiger partial charge in [0.25, 0.3) is 0 Å². The second kappa shape index (κ2) is 4.48. The largest absolute Gasteiger partial charge is 0.476 e. The third-order valence-corrected chi connectivity index (χ3v) is 2.85. The smallest absolute Gasteiger partial charge is 0.362 e. The fourth-order valence-corrected chi connectivity index (χ4v) is 1.85. The molecule has 0 radical (unpaired) electrons. The highest BCUT2D eigenvalue weighted by Gasteiger charge is 2.26. The first-order valence-corrected chi connectivity index (χ1v) is 5.14. The van der Waals surface area contributed by atoms with Gasteiger partial charge >= 0.3 is 5.97 Å². The zero-order valence-corrected chi connectivity index (χ0v) is 8.67. The third-order valence-electron chi connectivity index (χ3n) is 2.85. The van der Waals surface area contributed by atoms with Crippen LogP contribution < -0.4 is 4.90 Å². The molecule has 0 bridgehead atoms. The molecule has 16 heavy (non-hydrogen) atoms. The number of hydrogen-bond acceptors (Lipinski definition) is 6. The molecule has 2 rings (SSSR count). The molecule has 1 saturated heterocycles. The summed E-state index contributed by atoms with van der Waals surface area (Å²) in [7, 11) is 0. The van der Waals surface area contributed by atoms with Gasteiger partial charge < -0.3 is 15.1 Å². The summed E-state index contributed by atoms with van der Waals surface area (Å²) in [5.41, 5.74) is -0.151. The van der Waals surface area contributed by atoms with E-state index in [0.717, 1.165) is 12.8 Å². The predicted molar refractivity (Wildman–Crippen MR) is 53.3 cm³/mol. The highest BCUT2D eigenvalue weighted by molar-refractivity contribution is 5.90. The Bertz CT molecular complexity index is 371. The van der Waals surface area contributed by atoms with E-state index < -0.39 is 5.97 Å². The Labute approximate surface area is 91.6 Å². The molecule has 7 nitrogen and oxygen atoms in total. The van der Waals surface area contributed by atoms with Gasteiger partial charge in [-0.15, -0.1) is 0 Å². The van der Waals surface area contributed by atoms with Gasteiger partial charge in [-0.05, 0) is 29.1 Å². The van der Waals surface area contributed by atoms with Gasteiger partial charge in [-0.25, -0.2) is 9.42 Å². The molecule has 1 aliphatic heterocycles. The van der Waals surface area contributed by atoms with Crippen molar-refractivity contribution in [2.24, 2.45) is 5.92 Å². The van der Waals surface area contributed by atoms with Crippen LogP contribution in [-0.4, -0.2) is 46.2 Å². The molecule has 0 unspecified atom stereocenters. The number of nitrogens with zero attached hydrogens (tertiary/aromatic N) is 3. The maximum absolute atomic E-state index is 10.8. The number of hydrogen-bond donors (Lipinski definition) is 2. The van der Waals surface area contributed by atoms with Crippen LogP contribution in [0.5, 0.6) is 0 Å². The summed E-state index contributed by atoms with van der Waals surface area (Å²) < 4.78 is 4.44. The van der Waals surface area contributed by atoms with Gasteiger partial charge in [0.05, 0.1) is 0 Å². The molecular weight excluding hydrogens is 214 g/mol. The molecule has 2 N–H and O–H groups in total. The van der Waals surface area contributed by atoms with Crippen molar-refractivity contribution in [2.45, 2.75) is 12.8 Å². The van der Waals surface area contributed by atoms with Gasteiger partial charge in [-0.2, -0.15) is 0 Å². The Morgan fingerprint density at radius 2 is 2.12 bits per heavy atom. The van der Waals surface area contributed by atoms with Gasteiger partial charge in [0.2, 0.25) is 11.5 Å². The molecule has 1 fully saturated rings. The van der Waals surface area contributed by atoms with Crippen molar-refractivity contribution in [1.29, 1.82) is 0 Å². The Balaban J connectivity index is 2.08. The van der Waals surface area contributed by atoms with Crippen LogP contribution in [0, 0.1) is 5.92 Å². The molecule has 1 aromatic heterocycles. The highest BCUT2D eigenvalue weighted by atomic mass is 16.6. The van der Waals surface area contributed by atoms with Crippen molar-refractivity contribution in [2.75, 3.05) is 24.6 Å². The molecule has 88 valence electrons. The number of rotatable bonds is 3. The highest BCUT2D eigenvalue weighted by Crippen LogP contribution is 2.23. The maximum Gasteiger partial charge on any atom is 0.362 e. The van der Waals surface area contributed by atoms with E-state index in [1.165, 1.54) is 0 Å². The fraction of sp³-hybridized carbons (Fsp3) is 0.667. The van der Waals surface area contributed by atoms with Crippen molar-refractivity contribution in [3.8, 4) is 0 Å². The SMILES string of the molecule is O=C(O)c1nonc1N1CCC(CO)CC1. The molecule has 0 spiro atoms. The van der Waals surface area contributed by atoms with E-state index in [1.54, 1.807) is 0 Å². The summed E-state index contributed by atoms with van der Waals surface area (Å²) in [5, 5.41) is 24.8. The quantitative estimate of drug-likeness (QED) is 0.748. The number of aromatic carboxylic acids is 1. The molecule has 1 aromatic rings. The van der Waals surface area contributed by atoms with Crippen LogP contribution in [0.2, 0.25) is 0 Å². The van der Waals surface area contributed by atoms with Crippen LogP contribution in [0.15, 0.2) is 4.63 Å². The molecular formula is C9H13N3O4. The lowest BCUT2D eigenvalue weighted by Crippen LogP contribution is -2.35. The van der Waals surface area contributed by atoms with Gasteiger partial charge in [-0.3, -0.25) is 0 Å². The van der Waals surface area contributed by atoms with Crippen LogP contribution >= 0.6 is 0 Å². The van der Waals surface area contributed by atoms with E-state index in [0.29, 0.717) is 19.0 Å². The second-order valence-electron chi connectivity index (χ2n) is 3.85. The number of carbonyl (C=O) groups is 1. The number of aliphatic hydroxyl groups is 1. The Morgan fingerprint density at radius 3 is 2.69 bits per heavy atom. The standard InChI is InChI=1S/C9H13N3O4/c13-5-6-1-3-12(4-2-6)8-7(9(14)15)10-16-11-8/h6,13H,1-5H2,(H,14,15). The monoisotopic (exact) mass is 227 g/mol. The van der Waals surface area contributed by atoms with Gasteiger partial charge in [0.1, 0.15) is 0 Å². The van der Waals surface area contributed by atoms with E-state index in [2.05, 4.69) is 14.9 Å². The summed E-state index contributed by atoms with van der Waals surface area (Å²) in [4.78, 5) is 12.6. The summed E-state index contributed by atoms with van der Waals surface area (Å²) >= 11 is 0. The van der Waals surface area contributed by atoms with Gasteiger partial charge in [0.15, 0.2) is 0 Å². The van der Waals surface area contributed by atoms with Crippen LogP contribution in [0.4, 0.5) is 5.82 Å². The van der Waals surface area contributed by atoms with Crippen molar-refractivity contribution in [3.05, 3.63) is 5.69 Å². The zero-order chi connectivity index (χ0) is 11.5. The van der Waals surface area contributed by atoms with Crippen molar-refractivity contribution < 1.29 is 19.6 Å². The van der Waals surface area contributed by atoms with Crippen LogP contribution in [0.3, 0.4) is 0 Å². The molecule has 0 atom stereocenters. The summed E-state index contributed by atoms with van der Waals surface area (Å²) in [6.45, 7) is 1.51. The first kappa shape index (κ1) is 10.9. The molecule has 1 aliphatic rings. The van der Waals surface area contributed by atoms with Crippen LogP contribution in [0.1, 0.15) is 23.3 Å². The summed E-state index contributed by atoms with van der Waals surface area (Å²) in [6, 6.07) is 0. The predicted octanol–water partition coefficient (Wildman–Crippen LogP) is -0.0235. The second-order valence-corrected chi connectivity index (χ2v) is 3.85. The van der Waals surface area contributed by atoms with Crippen molar-refractivity contribution in [3.63, 3.8) is 0 Å². The summed E-state index contributed by atoms with van der Waals surface area (Å²) in [5.74, 6) is -0.561. The van der Waals surface area contributed by atoms with Gasteiger partial charge in [-0.1, -0.05) is 0 Å². The lowest BCUT2D eigenvalue weighted by atomic mass is 9.98. The average molecular weight is 227 g/mol. The van der Waals surface area contributed by atoms with E-state index in [-0.39, 0.29) is 18.1 Å². The minimum atomic E-state index is -1.14. The van der Waals surface area contributed by atoms with Crippen molar-refractivity contribution >= 4 is 11.8 Å². The molecule has 0 aliphatic carbocycles. The molecule has 7 heteroatoms. The Morgan fingerprint density at radius 1 is 1.44 bits per heavy atom. The van der Waals surface area contributed by atoms with Gasteiger partial charge in [0, 0.05) is 19.7 Å². The lowest BCUT2D eigenvalue weighted by Gasteiger charge is -2.30. The third kappa shape index (κ3) is 1.99. The van der Waals surface area contributed by atoms with Crippen LogP contribution in [-0.2, 0) is 0 Å². The normalized spacial score (nSPS) is 17.7. The average Bonchev–Trinajstić information content (AvgIpc) is 2.78. The van der Waals surface area contributed by atoms with E-state index in [9.17, 15) is 4.79 Å². The number of aliphatic hydroxyl groups excluding tert-OH is 1. The molecule has 0 aromatic carbocycles. The topological polar surface area (TPSA) is 99.7 Å². The molecule has 0 saturated carbocycles. The number of aromatic nitrogens is 2. The lowest BCUT2D eigenvalue weighted by molar-refractivity contribution is 0.0685. The number of carboxylic acid groups (broad SMARTS) is 1. The minimum Gasteiger partial charge on any atom is -0.476 e. The Kier molecular flexibility index (Phi) is 3.04. The molecule has 2 heterocycles. The first-order valence-electron chi connectivity index (χ1n) is 5.14. The zero-order valence-electron chi connectivity index (χ0n) is 8.67. The number of piperidine rings is 1. The number of carboxylic acids is 1. The first-order chi connectivity index (χ1) is 7.72. The maximum atomic E-state index is 10.8.